The van der Waals surface area contributed by atoms with Crippen LogP contribution in [-0.4, -0.2) is 14.6 Å². The minimum Gasteiger partial charge on any atom is -0.455 e. The smallest absolute Gasteiger partial charge is 0.169 e. The second-order valence-corrected chi connectivity index (χ2v) is 10.7. The number of pyridine rings is 1. The Morgan fingerprint density at radius 3 is 2.05 bits per heavy atom. The lowest BCUT2D eigenvalue weighted by Crippen LogP contribution is -1.94. The first kappa shape index (κ1) is 23.0. The molecule has 196 valence electrons. The van der Waals surface area contributed by atoms with Gasteiger partial charge in [-0.15, -0.1) is 10.2 Å². The number of para-hydroxylation sites is 3. The van der Waals surface area contributed by atoms with Crippen molar-refractivity contribution in [2.24, 2.45) is 0 Å². The highest BCUT2D eigenvalue weighted by Crippen LogP contribution is 2.38. The fourth-order valence-electron chi connectivity index (χ4n) is 6.32. The summed E-state index contributed by atoms with van der Waals surface area (Å²) in [6.07, 6.45) is 0. The van der Waals surface area contributed by atoms with Gasteiger partial charge in [-0.05, 0) is 40.3 Å². The van der Waals surface area contributed by atoms with Crippen molar-refractivity contribution in [1.29, 1.82) is 0 Å². The number of hydrogen-bond donors (Lipinski definition) is 0. The summed E-state index contributed by atoms with van der Waals surface area (Å²) in [4.78, 5) is 0. The Labute approximate surface area is 241 Å². The maximum Gasteiger partial charge on any atom is 0.169 e. The molecule has 0 atom stereocenters. The lowest BCUT2D eigenvalue weighted by atomic mass is 9.99. The molecule has 0 bridgehead atoms. The molecule has 0 radical (unpaired) electrons. The molecule has 6 aromatic carbocycles. The first-order chi connectivity index (χ1) is 20.8. The fraction of sp³-hybridized carbons (Fsp3) is 0. The molecule has 0 spiro atoms. The number of furan rings is 1. The molecule has 4 nitrogen and oxygen atoms in total. The van der Waals surface area contributed by atoms with E-state index in [0.717, 1.165) is 66.6 Å². The standard InChI is InChI=1S/C38H23N3O/c1-2-9-24(10-3-1)27-21-22-29-30-11-4-6-15-34(30)41-37(39-40-38(41)33(29)23-27)26-19-17-25(18-20-26)28-13-8-14-32-31-12-5-7-16-35(31)42-36(28)32/h1-23H. The molecule has 0 aliphatic carbocycles. The Kier molecular flexibility index (Phi) is 4.87. The van der Waals surface area contributed by atoms with E-state index in [2.05, 4.69) is 126 Å². The third kappa shape index (κ3) is 3.36. The van der Waals surface area contributed by atoms with Crippen molar-refractivity contribution < 1.29 is 4.42 Å². The van der Waals surface area contributed by atoms with Gasteiger partial charge in [0.1, 0.15) is 11.2 Å². The van der Waals surface area contributed by atoms with E-state index in [-0.39, 0.29) is 0 Å². The zero-order valence-corrected chi connectivity index (χ0v) is 22.5. The fourth-order valence-corrected chi connectivity index (χ4v) is 6.32. The second kappa shape index (κ2) is 8.88. The predicted octanol–water partition coefficient (Wildman–Crippen LogP) is 9.94. The highest BCUT2D eigenvalue weighted by molar-refractivity contribution is 6.13. The van der Waals surface area contributed by atoms with Crippen molar-refractivity contribution >= 4 is 49.3 Å². The van der Waals surface area contributed by atoms with Crippen LogP contribution in [0.15, 0.2) is 144 Å². The predicted molar refractivity (Wildman–Crippen MR) is 172 cm³/mol. The molecule has 9 rings (SSSR count). The van der Waals surface area contributed by atoms with Crippen molar-refractivity contribution in [3.63, 3.8) is 0 Å². The van der Waals surface area contributed by atoms with Crippen LogP contribution in [0.1, 0.15) is 0 Å². The molecule has 0 fully saturated rings. The summed E-state index contributed by atoms with van der Waals surface area (Å²) in [7, 11) is 0. The van der Waals surface area contributed by atoms with Crippen molar-refractivity contribution in [3.8, 4) is 33.6 Å². The van der Waals surface area contributed by atoms with Crippen LogP contribution in [0, 0.1) is 0 Å². The zero-order chi connectivity index (χ0) is 27.6. The van der Waals surface area contributed by atoms with E-state index in [1.807, 2.05) is 18.2 Å². The number of aromatic nitrogens is 3. The van der Waals surface area contributed by atoms with Gasteiger partial charge in [-0.25, -0.2) is 0 Å². The van der Waals surface area contributed by atoms with E-state index in [0.29, 0.717) is 0 Å². The Hall–Kier alpha value is -5.74. The molecule has 0 saturated carbocycles. The topological polar surface area (TPSA) is 43.3 Å². The van der Waals surface area contributed by atoms with Crippen LogP contribution in [0.2, 0.25) is 0 Å². The van der Waals surface area contributed by atoms with Gasteiger partial charge in [0.25, 0.3) is 0 Å². The van der Waals surface area contributed by atoms with E-state index >= 15 is 0 Å². The Bertz CT molecular complexity index is 2450. The van der Waals surface area contributed by atoms with Gasteiger partial charge in [-0.1, -0.05) is 121 Å². The minimum atomic E-state index is 0.821. The van der Waals surface area contributed by atoms with Crippen molar-refractivity contribution in [2.75, 3.05) is 0 Å². The van der Waals surface area contributed by atoms with Crippen LogP contribution < -0.4 is 0 Å². The number of nitrogens with zero attached hydrogens (tertiary/aromatic N) is 3. The van der Waals surface area contributed by atoms with E-state index in [1.165, 1.54) is 16.3 Å². The zero-order valence-electron chi connectivity index (χ0n) is 22.5. The summed E-state index contributed by atoms with van der Waals surface area (Å²) in [5.41, 5.74) is 9.27. The average Bonchev–Trinajstić information content (AvgIpc) is 3.68. The monoisotopic (exact) mass is 537 g/mol. The van der Waals surface area contributed by atoms with Crippen LogP contribution >= 0.6 is 0 Å². The lowest BCUT2D eigenvalue weighted by molar-refractivity contribution is 0.670. The lowest BCUT2D eigenvalue weighted by Gasteiger charge is -2.11. The molecule has 42 heavy (non-hydrogen) atoms. The Balaban J connectivity index is 1.22. The maximum absolute atomic E-state index is 6.30. The number of benzene rings is 6. The largest absolute Gasteiger partial charge is 0.455 e. The molecule has 0 aliphatic heterocycles. The quantitative estimate of drug-likeness (QED) is 0.211. The average molecular weight is 538 g/mol. The highest BCUT2D eigenvalue weighted by Gasteiger charge is 2.17. The molecular formula is C38H23N3O. The van der Waals surface area contributed by atoms with Gasteiger partial charge in [0.15, 0.2) is 11.5 Å². The summed E-state index contributed by atoms with van der Waals surface area (Å²) in [5, 5.41) is 15.2. The number of rotatable bonds is 3. The molecule has 3 aromatic heterocycles. The molecule has 0 saturated heterocycles. The summed E-state index contributed by atoms with van der Waals surface area (Å²) >= 11 is 0. The van der Waals surface area contributed by atoms with Crippen LogP contribution in [0.4, 0.5) is 0 Å². The Morgan fingerprint density at radius 2 is 1.17 bits per heavy atom. The summed E-state index contributed by atoms with van der Waals surface area (Å²) in [6, 6.07) is 48.7. The SMILES string of the molecule is c1ccc(-c2ccc3c4ccccc4n4c(-c5ccc(-c6cccc7c6oc6ccccc67)cc5)nnc4c3c2)cc1. The molecule has 0 N–H and O–H groups in total. The minimum absolute atomic E-state index is 0.821. The summed E-state index contributed by atoms with van der Waals surface area (Å²) in [6.45, 7) is 0. The van der Waals surface area contributed by atoms with Gasteiger partial charge < -0.3 is 4.42 Å². The van der Waals surface area contributed by atoms with E-state index in [9.17, 15) is 0 Å². The molecule has 0 aliphatic rings. The van der Waals surface area contributed by atoms with E-state index in [1.54, 1.807) is 0 Å². The molecule has 4 heteroatoms. The van der Waals surface area contributed by atoms with Crippen LogP contribution in [0.5, 0.6) is 0 Å². The van der Waals surface area contributed by atoms with Gasteiger partial charge in [-0.2, -0.15) is 0 Å². The molecule has 3 heterocycles. The van der Waals surface area contributed by atoms with Crippen molar-refractivity contribution in [1.82, 2.24) is 14.6 Å². The third-order valence-corrected chi connectivity index (χ3v) is 8.32. The van der Waals surface area contributed by atoms with E-state index < -0.39 is 0 Å². The number of hydrogen-bond acceptors (Lipinski definition) is 3. The summed E-state index contributed by atoms with van der Waals surface area (Å²) < 4.78 is 8.50. The molecule has 0 amide bonds. The normalized spacial score (nSPS) is 11.8. The van der Waals surface area contributed by atoms with Crippen molar-refractivity contribution in [3.05, 3.63) is 140 Å². The third-order valence-electron chi connectivity index (χ3n) is 8.32. The van der Waals surface area contributed by atoms with Gasteiger partial charge in [-0.3, -0.25) is 4.40 Å². The van der Waals surface area contributed by atoms with Crippen molar-refractivity contribution in [2.45, 2.75) is 0 Å². The van der Waals surface area contributed by atoms with E-state index in [4.69, 9.17) is 14.6 Å². The van der Waals surface area contributed by atoms with Gasteiger partial charge in [0, 0.05) is 32.7 Å². The first-order valence-corrected chi connectivity index (χ1v) is 14.1. The van der Waals surface area contributed by atoms with Gasteiger partial charge in [0.05, 0.1) is 5.52 Å². The molecular weight excluding hydrogens is 514 g/mol. The molecule has 9 aromatic rings. The van der Waals surface area contributed by atoms with Crippen LogP contribution in [-0.2, 0) is 0 Å². The maximum atomic E-state index is 6.30. The second-order valence-electron chi connectivity index (χ2n) is 10.7. The Morgan fingerprint density at radius 1 is 0.452 bits per heavy atom. The van der Waals surface area contributed by atoms with Gasteiger partial charge in [0.2, 0.25) is 0 Å². The number of fused-ring (bicyclic) bond motifs is 9. The van der Waals surface area contributed by atoms with Crippen LogP contribution in [0.25, 0.3) is 82.9 Å². The first-order valence-electron chi connectivity index (χ1n) is 14.1. The highest BCUT2D eigenvalue weighted by atomic mass is 16.3. The summed E-state index contributed by atoms with van der Waals surface area (Å²) in [5.74, 6) is 0.821. The molecule has 0 unspecified atom stereocenters. The van der Waals surface area contributed by atoms with Crippen LogP contribution in [0.3, 0.4) is 0 Å². The van der Waals surface area contributed by atoms with Gasteiger partial charge >= 0.3 is 0 Å².